The SMILES string of the molecule is CC1(C)c2ccccc2N2c3c(ccc(-c4ccc(N(c5ccc6ccccc6c5)c5cccc6ccccc56)cc4)c31)Oc1ccc3ccccc3c12. The Morgan fingerprint density at radius 2 is 1.09 bits per heavy atom. The lowest BCUT2D eigenvalue weighted by atomic mass is 9.70. The van der Waals surface area contributed by atoms with Crippen LogP contribution in [-0.2, 0) is 5.41 Å². The number of ether oxygens (including phenoxy) is 1. The molecule has 3 heteroatoms. The van der Waals surface area contributed by atoms with E-state index in [4.69, 9.17) is 4.74 Å². The van der Waals surface area contributed by atoms with Crippen LogP contribution >= 0.6 is 0 Å². The summed E-state index contributed by atoms with van der Waals surface area (Å²) in [4.78, 5) is 4.86. The zero-order valence-corrected chi connectivity index (χ0v) is 30.1. The van der Waals surface area contributed by atoms with Gasteiger partial charge in [-0.3, -0.25) is 0 Å². The van der Waals surface area contributed by atoms with Crippen molar-refractivity contribution in [2.45, 2.75) is 19.3 Å². The smallest absolute Gasteiger partial charge is 0.152 e. The molecule has 0 aromatic heterocycles. The molecular formula is C51H36N2O. The van der Waals surface area contributed by atoms with Crippen molar-refractivity contribution in [3.63, 3.8) is 0 Å². The van der Waals surface area contributed by atoms with Crippen LogP contribution in [0.4, 0.5) is 34.1 Å². The Morgan fingerprint density at radius 1 is 0.481 bits per heavy atom. The molecule has 2 heterocycles. The Morgan fingerprint density at radius 3 is 1.93 bits per heavy atom. The number of nitrogens with zero attached hydrogens (tertiary/aromatic N) is 2. The van der Waals surface area contributed by atoms with Crippen LogP contribution in [0.1, 0.15) is 25.0 Å². The van der Waals surface area contributed by atoms with Gasteiger partial charge in [-0.05, 0) is 92.3 Å². The molecule has 0 bridgehead atoms. The van der Waals surface area contributed by atoms with Gasteiger partial charge >= 0.3 is 0 Å². The highest BCUT2D eigenvalue weighted by molar-refractivity contribution is 6.07. The Labute approximate surface area is 314 Å². The first-order valence-electron chi connectivity index (χ1n) is 18.7. The molecule has 256 valence electrons. The van der Waals surface area contributed by atoms with Crippen molar-refractivity contribution in [1.29, 1.82) is 0 Å². The molecule has 11 rings (SSSR count). The van der Waals surface area contributed by atoms with Crippen LogP contribution in [0, 0.1) is 0 Å². The number of benzene rings is 9. The summed E-state index contributed by atoms with van der Waals surface area (Å²) >= 11 is 0. The summed E-state index contributed by atoms with van der Waals surface area (Å²) in [6, 6.07) is 65.9. The predicted octanol–water partition coefficient (Wildman–Crippen LogP) is 14.5. The Bertz CT molecular complexity index is 2960. The Kier molecular flexibility index (Phi) is 6.60. The van der Waals surface area contributed by atoms with E-state index in [1.165, 1.54) is 60.3 Å². The maximum Gasteiger partial charge on any atom is 0.152 e. The van der Waals surface area contributed by atoms with E-state index in [1.54, 1.807) is 0 Å². The van der Waals surface area contributed by atoms with Crippen molar-refractivity contribution in [2.75, 3.05) is 9.80 Å². The third-order valence-corrected chi connectivity index (χ3v) is 11.6. The van der Waals surface area contributed by atoms with Crippen molar-refractivity contribution in [1.82, 2.24) is 0 Å². The topological polar surface area (TPSA) is 15.7 Å². The van der Waals surface area contributed by atoms with E-state index in [9.17, 15) is 0 Å². The highest BCUT2D eigenvalue weighted by Gasteiger charge is 2.43. The van der Waals surface area contributed by atoms with Crippen molar-refractivity contribution in [3.05, 3.63) is 193 Å². The van der Waals surface area contributed by atoms with Gasteiger partial charge in [0.25, 0.3) is 0 Å². The fraction of sp³-hybridized carbons (Fsp3) is 0.0588. The number of hydrogen-bond acceptors (Lipinski definition) is 3. The predicted molar refractivity (Wildman–Crippen MR) is 226 cm³/mol. The minimum Gasteiger partial charge on any atom is -0.453 e. The van der Waals surface area contributed by atoms with Crippen molar-refractivity contribution >= 4 is 66.4 Å². The lowest BCUT2D eigenvalue weighted by Gasteiger charge is -2.46. The fourth-order valence-electron chi connectivity index (χ4n) is 9.04. The normalized spacial score (nSPS) is 13.6. The Hall–Kier alpha value is -6.84. The molecule has 2 aliphatic rings. The summed E-state index contributed by atoms with van der Waals surface area (Å²) < 4.78 is 6.80. The summed E-state index contributed by atoms with van der Waals surface area (Å²) in [5.74, 6) is 1.76. The van der Waals surface area contributed by atoms with Crippen LogP contribution in [-0.4, -0.2) is 0 Å². The summed E-state index contributed by atoms with van der Waals surface area (Å²) in [5, 5.41) is 7.25. The van der Waals surface area contributed by atoms with Crippen LogP contribution in [0.3, 0.4) is 0 Å². The highest BCUT2D eigenvalue weighted by Crippen LogP contribution is 2.62. The van der Waals surface area contributed by atoms with E-state index < -0.39 is 0 Å². The zero-order valence-electron chi connectivity index (χ0n) is 30.1. The van der Waals surface area contributed by atoms with Crippen molar-refractivity contribution < 1.29 is 4.74 Å². The quantitative estimate of drug-likeness (QED) is 0.183. The maximum absolute atomic E-state index is 6.80. The van der Waals surface area contributed by atoms with E-state index in [0.29, 0.717) is 0 Å². The standard InChI is InChI=1S/C51H36N2O/c1-51(2)43-19-9-10-20-45(43)53-49-42-18-8-6-14-35(42)25-30-46(49)54-47-31-29-41(48(51)50(47)53)36-23-26-38(27-24-36)52(39-28-22-33-12-3-4-15-37(33)32-39)44-21-11-16-34-13-5-7-17-40(34)44/h3-32H,1-2H3. The molecule has 54 heavy (non-hydrogen) atoms. The zero-order chi connectivity index (χ0) is 36.0. The van der Waals surface area contributed by atoms with Gasteiger partial charge in [-0.15, -0.1) is 0 Å². The van der Waals surface area contributed by atoms with Gasteiger partial charge in [-0.1, -0.05) is 147 Å². The first-order chi connectivity index (χ1) is 26.5. The first-order valence-corrected chi connectivity index (χ1v) is 18.7. The molecule has 9 aromatic rings. The van der Waals surface area contributed by atoms with Gasteiger partial charge in [-0.25, -0.2) is 0 Å². The largest absolute Gasteiger partial charge is 0.453 e. The average Bonchev–Trinajstić information content (AvgIpc) is 3.22. The van der Waals surface area contributed by atoms with E-state index in [0.717, 1.165) is 39.9 Å². The second-order valence-electron chi connectivity index (χ2n) is 15.0. The number of rotatable bonds is 4. The van der Waals surface area contributed by atoms with Gasteiger partial charge < -0.3 is 14.5 Å². The third kappa shape index (κ3) is 4.48. The first kappa shape index (κ1) is 30.8. The lowest BCUT2D eigenvalue weighted by molar-refractivity contribution is 0.472. The van der Waals surface area contributed by atoms with Gasteiger partial charge in [0, 0.05) is 27.6 Å². The van der Waals surface area contributed by atoms with Crippen molar-refractivity contribution in [2.24, 2.45) is 0 Å². The van der Waals surface area contributed by atoms with Gasteiger partial charge in [0.05, 0.1) is 22.7 Å². The third-order valence-electron chi connectivity index (χ3n) is 11.6. The number of para-hydroxylation sites is 1. The van der Waals surface area contributed by atoms with Crippen LogP contribution in [0.15, 0.2) is 182 Å². The van der Waals surface area contributed by atoms with Crippen molar-refractivity contribution in [3.8, 4) is 22.6 Å². The molecule has 3 nitrogen and oxygen atoms in total. The molecule has 0 aliphatic carbocycles. The Balaban J connectivity index is 1.10. The summed E-state index contributed by atoms with van der Waals surface area (Å²) in [5.41, 5.74) is 11.4. The number of anilines is 6. The molecule has 9 aromatic carbocycles. The molecule has 0 atom stereocenters. The second kappa shape index (κ2) is 11.6. The van der Waals surface area contributed by atoms with Crippen LogP contribution < -0.4 is 14.5 Å². The van der Waals surface area contributed by atoms with E-state index in [1.807, 2.05) is 0 Å². The van der Waals surface area contributed by atoms with Gasteiger partial charge in [0.15, 0.2) is 11.5 Å². The minimum atomic E-state index is -0.294. The minimum absolute atomic E-state index is 0.294. The molecule has 0 radical (unpaired) electrons. The molecule has 0 fully saturated rings. The van der Waals surface area contributed by atoms with E-state index in [-0.39, 0.29) is 5.41 Å². The lowest BCUT2D eigenvalue weighted by Crippen LogP contribution is -2.33. The van der Waals surface area contributed by atoms with E-state index >= 15 is 0 Å². The molecule has 0 saturated carbocycles. The number of fused-ring (bicyclic) bond motifs is 8. The van der Waals surface area contributed by atoms with Gasteiger partial charge in [0.2, 0.25) is 0 Å². The monoisotopic (exact) mass is 692 g/mol. The molecule has 0 amide bonds. The molecule has 0 unspecified atom stereocenters. The average molecular weight is 693 g/mol. The van der Waals surface area contributed by atoms with Gasteiger partial charge in [-0.2, -0.15) is 0 Å². The fourth-order valence-corrected chi connectivity index (χ4v) is 9.04. The van der Waals surface area contributed by atoms with Crippen LogP contribution in [0.25, 0.3) is 43.4 Å². The second-order valence-corrected chi connectivity index (χ2v) is 15.0. The molecule has 0 N–H and O–H groups in total. The highest BCUT2D eigenvalue weighted by atomic mass is 16.5. The molecule has 2 aliphatic heterocycles. The molecular weight excluding hydrogens is 657 g/mol. The summed E-state index contributed by atoms with van der Waals surface area (Å²) in [6.07, 6.45) is 0. The molecule has 0 spiro atoms. The van der Waals surface area contributed by atoms with Crippen LogP contribution in [0.5, 0.6) is 11.5 Å². The van der Waals surface area contributed by atoms with Gasteiger partial charge in [0.1, 0.15) is 0 Å². The summed E-state index contributed by atoms with van der Waals surface area (Å²) in [6.45, 7) is 4.72. The van der Waals surface area contributed by atoms with E-state index in [2.05, 4.69) is 206 Å². The van der Waals surface area contributed by atoms with Crippen LogP contribution in [0.2, 0.25) is 0 Å². The molecule has 0 saturated heterocycles. The summed E-state index contributed by atoms with van der Waals surface area (Å²) in [7, 11) is 0. The number of hydrogen-bond donors (Lipinski definition) is 0. The maximum atomic E-state index is 6.80.